The van der Waals surface area contributed by atoms with Gasteiger partial charge in [-0.2, -0.15) is 9.36 Å². The Hall–Kier alpha value is -2.14. The zero-order valence-corrected chi connectivity index (χ0v) is 15.9. The maximum Gasteiger partial charge on any atom is 0.225 e. The van der Waals surface area contributed by atoms with Crippen LogP contribution in [0.25, 0.3) is 11.4 Å². The number of halogens is 2. The van der Waals surface area contributed by atoms with Gasteiger partial charge in [0.1, 0.15) is 0 Å². The molecule has 0 saturated heterocycles. The van der Waals surface area contributed by atoms with Crippen LogP contribution in [-0.4, -0.2) is 40.4 Å². The van der Waals surface area contributed by atoms with Crippen molar-refractivity contribution >= 4 is 44.8 Å². The van der Waals surface area contributed by atoms with Crippen molar-refractivity contribution < 1.29 is 0 Å². The molecule has 0 radical (unpaired) electrons. The molecule has 0 fully saturated rings. The number of hydrogen-bond acceptors (Lipinski definition) is 8. The molecule has 0 aliphatic carbocycles. The van der Waals surface area contributed by atoms with Gasteiger partial charge >= 0.3 is 0 Å². The standard InChI is InChI=1S/C14H8Cl2N8S2/c15-9-1-5-11(6-2-9)23-13(17-19-21-23)25-26-14-18-20-22-24(14)12-7-3-10(16)4-8-12/h1-8H. The summed E-state index contributed by atoms with van der Waals surface area (Å²) in [6, 6.07) is 14.5. The van der Waals surface area contributed by atoms with E-state index in [4.69, 9.17) is 23.2 Å². The van der Waals surface area contributed by atoms with Crippen molar-refractivity contribution in [3.63, 3.8) is 0 Å². The van der Waals surface area contributed by atoms with Crippen LogP contribution in [0.2, 0.25) is 10.0 Å². The fraction of sp³-hybridized carbons (Fsp3) is 0. The second kappa shape index (κ2) is 7.62. The maximum atomic E-state index is 5.92. The van der Waals surface area contributed by atoms with Crippen LogP contribution in [-0.2, 0) is 0 Å². The minimum Gasteiger partial charge on any atom is -0.187 e. The Balaban J connectivity index is 1.54. The van der Waals surface area contributed by atoms with Crippen LogP contribution >= 0.6 is 44.8 Å². The molecule has 0 aliphatic heterocycles. The van der Waals surface area contributed by atoms with Gasteiger partial charge in [0, 0.05) is 10.0 Å². The van der Waals surface area contributed by atoms with Gasteiger partial charge in [0.2, 0.25) is 10.3 Å². The van der Waals surface area contributed by atoms with Crippen LogP contribution in [0.3, 0.4) is 0 Å². The van der Waals surface area contributed by atoms with Gasteiger partial charge in [0.25, 0.3) is 0 Å². The van der Waals surface area contributed by atoms with Crippen molar-refractivity contribution in [2.24, 2.45) is 0 Å². The first-order chi connectivity index (χ1) is 12.7. The molecule has 0 N–H and O–H groups in total. The molecule has 2 heterocycles. The summed E-state index contributed by atoms with van der Waals surface area (Å²) < 4.78 is 3.23. The lowest BCUT2D eigenvalue weighted by Gasteiger charge is -2.05. The maximum absolute atomic E-state index is 5.92. The van der Waals surface area contributed by atoms with Gasteiger partial charge in [-0.25, -0.2) is 0 Å². The molecule has 4 aromatic rings. The highest BCUT2D eigenvalue weighted by atomic mass is 35.5. The van der Waals surface area contributed by atoms with E-state index < -0.39 is 0 Å². The zero-order chi connectivity index (χ0) is 17.9. The van der Waals surface area contributed by atoms with E-state index in [0.29, 0.717) is 20.4 Å². The van der Waals surface area contributed by atoms with E-state index in [0.717, 1.165) is 11.4 Å². The van der Waals surface area contributed by atoms with Crippen molar-refractivity contribution in [3.05, 3.63) is 58.6 Å². The number of tetrazole rings is 2. The van der Waals surface area contributed by atoms with Crippen molar-refractivity contribution in [2.75, 3.05) is 0 Å². The third-order valence-corrected chi connectivity index (χ3v) is 5.75. The number of hydrogen-bond donors (Lipinski definition) is 0. The normalized spacial score (nSPS) is 11.0. The van der Waals surface area contributed by atoms with Crippen LogP contribution in [0.15, 0.2) is 58.8 Å². The molecule has 0 aliphatic rings. The second-order valence-electron chi connectivity index (χ2n) is 4.87. The average molecular weight is 423 g/mol. The molecule has 8 nitrogen and oxygen atoms in total. The predicted octanol–water partition coefficient (Wildman–Crippen LogP) is 3.74. The summed E-state index contributed by atoms with van der Waals surface area (Å²) in [7, 11) is 2.69. The lowest BCUT2D eigenvalue weighted by atomic mass is 10.3. The van der Waals surface area contributed by atoms with E-state index in [1.54, 1.807) is 33.6 Å². The van der Waals surface area contributed by atoms with Crippen molar-refractivity contribution in [1.29, 1.82) is 0 Å². The van der Waals surface area contributed by atoms with E-state index in [1.165, 1.54) is 21.6 Å². The SMILES string of the molecule is Clc1ccc(-n2nnnc2SSc2nnnn2-c2ccc(Cl)cc2)cc1. The summed E-state index contributed by atoms with van der Waals surface area (Å²) in [5.41, 5.74) is 1.61. The first-order valence-electron chi connectivity index (χ1n) is 7.14. The van der Waals surface area contributed by atoms with Crippen LogP contribution in [0, 0.1) is 0 Å². The summed E-state index contributed by atoms with van der Waals surface area (Å²) in [6.45, 7) is 0. The molecule has 12 heteroatoms. The Morgan fingerprint density at radius 1 is 0.615 bits per heavy atom. The summed E-state index contributed by atoms with van der Waals surface area (Å²) in [6.07, 6.45) is 0. The highest BCUT2D eigenvalue weighted by Crippen LogP contribution is 2.36. The fourth-order valence-corrected chi connectivity index (χ4v) is 4.06. The molecule has 4 rings (SSSR count). The molecule has 2 aromatic heterocycles. The van der Waals surface area contributed by atoms with Gasteiger partial charge in [-0.1, -0.05) is 23.2 Å². The molecule has 0 bridgehead atoms. The van der Waals surface area contributed by atoms with E-state index in [-0.39, 0.29) is 0 Å². The highest BCUT2D eigenvalue weighted by Gasteiger charge is 2.14. The van der Waals surface area contributed by atoms with Crippen molar-refractivity contribution in [1.82, 2.24) is 40.4 Å². The summed E-state index contributed by atoms with van der Waals surface area (Å²) in [4.78, 5) is 0. The largest absolute Gasteiger partial charge is 0.225 e. The monoisotopic (exact) mass is 422 g/mol. The third kappa shape index (κ3) is 3.68. The van der Waals surface area contributed by atoms with Gasteiger partial charge < -0.3 is 0 Å². The predicted molar refractivity (Wildman–Crippen MR) is 100 cm³/mol. The number of benzene rings is 2. The average Bonchev–Trinajstić information content (AvgIpc) is 3.30. The summed E-state index contributed by atoms with van der Waals surface area (Å²) in [5, 5.41) is 26.0. The van der Waals surface area contributed by atoms with Gasteiger partial charge in [-0.05, 0) is 91.0 Å². The van der Waals surface area contributed by atoms with Crippen molar-refractivity contribution in [3.8, 4) is 11.4 Å². The molecule has 0 amide bonds. The minimum absolute atomic E-state index is 0.586. The molecule has 0 atom stereocenters. The van der Waals surface area contributed by atoms with Crippen LogP contribution in [0.4, 0.5) is 0 Å². The van der Waals surface area contributed by atoms with Gasteiger partial charge in [-0.3, -0.25) is 0 Å². The fourth-order valence-electron chi connectivity index (χ4n) is 2.02. The van der Waals surface area contributed by atoms with Crippen LogP contribution in [0.1, 0.15) is 0 Å². The summed E-state index contributed by atoms with van der Waals surface area (Å²) >= 11 is 11.8. The van der Waals surface area contributed by atoms with Gasteiger partial charge in [0.05, 0.1) is 11.4 Å². The van der Waals surface area contributed by atoms with Crippen LogP contribution in [0.5, 0.6) is 0 Å². The van der Waals surface area contributed by atoms with E-state index in [2.05, 4.69) is 31.1 Å². The molecule has 26 heavy (non-hydrogen) atoms. The topological polar surface area (TPSA) is 87.2 Å². The Bertz CT molecular complexity index is 932. The molecule has 0 saturated carbocycles. The Kier molecular flexibility index (Phi) is 5.07. The van der Waals surface area contributed by atoms with Crippen LogP contribution < -0.4 is 0 Å². The number of aromatic nitrogens is 8. The van der Waals surface area contributed by atoms with Crippen molar-refractivity contribution in [2.45, 2.75) is 10.3 Å². The Morgan fingerprint density at radius 2 is 1.00 bits per heavy atom. The lowest BCUT2D eigenvalue weighted by Crippen LogP contribution is -1.99. The second-order valence-corrected chi connectivity index (χ2v) is 7.80. The number of nitrogens with zero attached hydrogens (tertiary/aromatic N) is 8. The Labute approximate surface area is 165 Å². The molecule has 0 unspecified atom stereocenters. The molecule has 2 aromatic carbocycles. The first kappa shape index (κ1) is 17.3. The molecular weight excluding hydrogens is 415 g/mol. The van der Waals surface area contributed by atoms with Gasteiger partial charge in [0.15, 0.2) is 0 Å². The lowest BCUT2D eigenvalue weighted by molar-refractivity contribution is 0.756. The molecule has 130 valence electrons. The zero-order valence-electron chi connectivity index (χ0n) is 12.8. The first-order valence-corrected chi connectivity index (χ1v) is 10.0. The Morgan fingerprint density at radius 3 is 1.38 bits per heavy atom. The minimum atomic E-state index is 0.586. The van der Waals surface area contributed by atoms with E-state index in [1.807, 2.05) is 24.3 Å². The third-order valence-electron chi connectivity index (χ3n) is 3.21. The molecule has 0 spiro atoms. The summed E-state index contributed by atoms with van der Waals surface area (Å²) in [5.74, 6) is 0. The number of rotatable bonds is 5. The van der Waals surface area contributed by atoms with Gasteiger partial charge in [-0.15, -0.1) is 10.2 Å². The van der Waals surface area contributed by atoms with E-state index in [9.17, 15) is 0 Å². The quantitative estimate of drug-likeness (QED) is 0.449. The van der Waals surface area contributed by atoms with E-state index >= 15 is 0 Å². The highest BCUT2D eigenvalue weighted by molar-refractivity contribution is 8.76. The smallest absolute Gasteiger partial charge is 0.187 e. The molecular formula is C14H8Cl2N8S2.